The summed E-state index contributed by atoms with van der Waals surface area (Å²) in [6.45, 7) is 1.21. The number of hydrogen-bond acceptors (Lipinski definition) is 4. The maximum atomic E-state index is 12.1. The first-order chi connectivity index (χ1) is 13.6. The molecule has 7 nitrogen and oxygen atoms in total. The molecule has 0 aromatic heterocycles. The lowest BCUT2D eigenvalue weighted by molar-refractivity contribution is -0.120. The first-order valence-corrected chi connectivity index (χ1v) is 9.00. The zero-order chi connectivity index (χ0) is 20.4. The third-order valence-electron chi connectivity index (χ3n) is 4.21. The van der Waals surface area contributed by atoms with E-state index in [1.54, 1.807) is 21.3 Å². The van der Waals surface area contributed by atoms with Crippen LogP contribution in [-0.4, -0.2) is 51.6 Å². The van der Waals surface area contributed by atoms with Crippen LogP contribution in [0.15, 0.2) is 53.5 Å². The number of rotatable bonds is 8. The van der Waals surface area contributed by atoms with E-state index in [-0.39, 0.29) is 36.4 Å². The van der Waals surface area contributed by atoms with Gasteiger partial charge in [0.05, 0.1) is 20.8 Å². The molecule has 0 saturated carbocycles. The van der Waals surface area contributed by atoms with Gasteiger partial charge >= 0.3 is 0 Å². The van der Waals surface area contributed by atoms with Crippen LogP contribution in [-0.2, 0) is 17.9 Å². The number of nitrogens with zero attached hydrogens (tertiary/aromatic N) is 2. The van der Waals surface area contributed by atoms with Crippen LogP contribution < -0.4 is 20.1 Å². The fraction of sp³-hybridized carbons (Fsp3) is 0.333. The number of hydrogen-bond donors (Lipinski definition) is 2. The molecule has 8 heteroatoms. The van der Waals surface area contributed by atoms with Crippen molar-refractivity contribution in [1.29, 1.82) is 0 Å². The minimum Gasteiger partial charge on any atom is -0.497 e. The summed E-state index contributed by atoms with van der Waals surface area (Å²) in [7, 11) is 6.84. The number of aliphatic imine (C=N–C) groups is 1. The highest BCUT2D eigenvalue weighted by Crippen LogP contribution is 2.25. The Balaban J connectivity index is 0.00000420. The lowest BCUT2D eigenvalue weighted by Gasteiger charge is -2.23. The molecular weight excluding hydrogens is 483 g/mol. The zero-order valence-electron chi connectivity index (χ0n) is 17.3. The van der Waals surface area contributed by atoms with E-state index >= 15 is 0 Å². The number of carbonyl (C=O) groups is 1. The SMILES string of the molecule is CN=C(NCC(=O)NCc1ccccc1)N(C)Cc1ccc(OC)cc1OC.I. The monoisotopic (exact) mass is 512 g/mol. The van der Waals surface area contributed by atoms with Crippen LogP contribution in [0.1, 0.15) is 11.1 Å². The average molecular weight is 512 g/mol. The fourth-order valence-electron chi connectivity index (χ4n) is 2.72. The second kappa shape index (κ2) is 12.9. The van der Waals surface area contributed by atoms with Crippen molar-refractivity contribution in [2.24, 2.45) is 4.99 Å². The van der Waals surface area contributed by atoms with Crippen molar-refractivity contribution in [1.82, 2.24) is 15.5 Å². The van der Waals surface area contributed by atoms with E-state index in [9.17, 15) is 4.79 Å². The van der Waals surface area contributed by atoms with Crippen molar-refractivity contribution in [2.45, 2.75) is 13.1 Å². The molecule has 2 N–H and O–H groups in total. The van der Waals surface area contributed by atoms with Crippen molar-refractivity contribution in [3.63, 3.8) is 0 Å². The van der Waals surface area contributed by atoms with E-state index in [4.69, 9.17) is 9.47 Å². The Morgan fingerprint density at radius 2 is 1.79 bits per heavy atom. The number of carbonyl (C=O) groups excluding carboxylic acids is 1. The van der Waals surface area contributed by atoms with Crippen LogP contribution in [0.2, 0.25) is 0 Å². The van der Waals surface area contributed by atoms with Crippen molar-refractivity contribution in [3.8, 4) is 11.5 Å². The molecule has 0 aliphatic rings. The first kappa shape index (κ1) is 24.5. The molecule has 1 amide bonds. The summed E-state index contributed by atoms with van der Waals surface area (Å²) in [6, 6.07) is 15.5. The summed E-state index contributed by atoms with van der Waals surface area (Å²) in [6.07, 6.45) is 0. The molecule has 29 heavy (non-hydrogen) atoms. The molecule has 2 rings (SSSR count). The molecule has 0 fully saturated rings. The molecular formula is C21H29IN4O3. The number of guanidine groups is 1. The molecule has 0 spiro atoms. The zero-order valence-corrected chi connectivity index (χ0v) is 19.6. The Hall–Kier alpha value is -2.49. The third kappa shape index (κ3) is 7.80. The molecule has 2 aromatic rings. The summed E-state index contributed by atoms with van der Waals surface area (Å²) in [5.41, 5.74) is 2.05. The average Bonchev–Trinajstić information content (AvgIpc) is 2.73. The van der Waals surface area contributed by atoms with E-state index in [0.717, 1.165) is 22.6 Å². The Morgan fingerprint density at radius 1 is 1.07 bits per heavy atom. The van der Waals surface area contributed by atoms with Gasteiger partial charge in [-0.2, -0.15) is 0 Å². The minimum absolute atomic E-state index is 0. The number of methoxy groups -OCH3 is 2. The van der Waals surface area contributed by atoms with Gasteiger partial charge in [0, 0.05) is 38.8 Å². The van der Waals surface area contributed by atoms with Gasteiger partial charge in [0.25, 0.3) is 0 Å². The smallest absolute Gasteiger partial charge is 0.239 e. The molecule has 158 valence electrons. The van der Waals surface area contributed by atoms with E-state index < -0.39 is 0 Å². The van der Waals surface area contributed by atoms with Gasteiger partial charge in [0.15, 0.2) is 5.96 Å². The van der Waals surface area contributed by atoms with Crippen LogP contribution in [0.5, 0.6) is 11.5 Å². The molecule has 0 saturated heterocycles. The van der Waals surface area contributed by atoms with E-state index in [1.165, 1.54) is 0 Å². The van der Waals surface area contributed by atoms with Gasteiger partial charge in [-0.15, -0.1) is 24.0 Å². The van der Waals surface area contributed by atoms with Gasteiger partial charge < -0.3 is 25.0 Å². The van der Waals surface area contributed by atoms with Crippen LogP contribution in [0.25, 0.3) is 0 Å². The van der Waals surface area contributed by atoms with Crippen LogP contribution >= 0.6 is 24.0 Å². The van der Waals surface area contributed by atoms with Gasteiger partial charge in [0.1, 0.15) is 11.5 Å². The molecule has 2 aromatic carbocycles. The lowest BCUT2D eigenvalue weighted by atomic mass is 10.2. The van der Waals surface area contributed by atoms with Gasteiger partial charge in [-0.25, -0.2) is 0 Å². The van der Waals surface area contributed by atoms with Crippen molar-refractivity contribution in [3.05, 3.63) is 59.7 Å². The van der Waals surface area contributed by atoms with E-state index in [1.807, 2.05) is 60.5 Å². The second-order valence-corrected chi connectivity index (χ2v) is 6.20. The number of benzene rings is 2. The highest BCUT2D eigenvalue weighted by atomic mass is 127. The van der Waals surface area contributed by atoms with Gasteiger partial charge in [-0.1, -0.05) is 30.3 Å². The van der Waals surface area contributed by atoms with Crippen LogP contribution in [0, 0.1) is 0 Å². The van der Waals surface area contributed by atoms with Crippen molar-refractivity contribution < 1.29 is 14.3 Å². The summed E-state index contributed by atoms with van der Waals surface area (Å²) in [5.74, 6) is 2.00. The number of nitrogens with one attached hydrogen (secondary N) is 2. The maximum absolute atomic E-state index is 12.1. The van der Waals surface area contributed by atoms with Gasteiger partial charge in [-0.3, -0.25) is 9.79 Å². The molecule has 0 atom stereocenters. The predicted octanol–water partition coefficient (Wildman–Crippen LogP) is 2.65. The quantitative estimate of drug-likeness (QED) is 0.323. The Labute approximate surface area is 189 Å². The fourth-order valence-corrected chi connectivity index (χ4v) is 2.72. The van der Waals surface area contributed by atoms with Gasteiger partial charge in [0.2, 0.25) is 5.91 Å². The topological polar surface area (TPSA) is 75.2 Å². The standard InChI is InChI=1S/C21H28N4O3.HI/c1-22-21(24-14-20(26)23-13-16-8-6-5-7-9-16)25(2)15-17-10-11-18(27-3)12-19(17)28-4;/h5-12H,13-15H2,1-4H3,(H,22,24)(H,23,26);1H. The largest absolute Gasteiger partial charge is 0.497 e. The molecule has 0 aliphatic carbocycles. The minimum atomic E-state index is -0.0968. The maximum Gasteiger partial charge on any atom is 0.239 e. The van der Waals surface area contributed by atoms with Crippen molar-refractivity contribution >= 4 is 35.8 Å². The molecule has 0 aliphatic heterocycles. The normalized spacial score (nSPS) is 10.6. The highest BCUT2D eigenvalue weighted by Gasteiger charge is 2.12. The van der Waals surface area contributed by atoms with Crippen LogP contribution in [0.3, 0.4) is 0 Å². The third-order valence-corrected chi connectivity index (χ3v) is 4.21. The Kier molecular flexibility index (Phi) is 10.9. The highest BCUT2D eigenvalue weighted by molar-refractivity contribution is 14.0. The van der Waals surface area contributed by atoms with Crippen LogP contribution in [0.4, 0.5) is 0 Å². The molecule has 0 bridgehead atoms. The second-order valence-electron chi connectivity index (χ2n) is 6.20. The first-order valence-electron chi connectivity index (χ1n) is 9.00. The molecule has 0 unspecified atom stereocenters. The number of halogens is 1. The lowest BCUT2D eigenvalue weighted by Crippen LogP contribution is -2.43. The van der Waals surface area contributed by atoms with E-state index in [2.05, 4.69) is 15.6 Å². The summed E-state index contributed by atoms with van der Waals surface area (Å²) in [4.78, 5) is 18.3. The summed E-state index contributed by atoms with van der Waals surface area (Å²) in [5, 5.41) is 5.97. The molecule has 0 heterocycles. The summed E-state index contributed by atoms with van der Waals surface area (Å²) < 4.78 is 10.7. The van der Waals surface area contributed by atoms with Gasteiger partial charge in [-0.05, 0) is 17.7 Å². The van der Waals surface area contributed by atoms with Crippen molar-refractivity contribution in [2.75, 3.05) is 34.9 Å². The number of ether oxygens (including phenoxy) is 2. The van der Waals surface area contributed by atoms with E-state index in [0.29, 0.717) is 19.0 Å². The number of amides is 1. The Morgan fingerprint density at radius 3 is 2.41 bits per heavy atom. The molecule has 0 radical (unpaired) electrons. The Bertz CT molecular complexity index is 800. The summed E-state index contributed by atoms with van der Waals surface area (Å²) >= 11 is 0. The predicted molar refractivity (Wildman–Crippen MR) is 126 cm³/mol.